The zero-order chi connectivity index (χ0) is 19.3. The van der Waals surface area contributed by atoms with Gasteiger partial charge in [-0.1, -0.05) is 18.2 Å². The summed E-state index contributed by atoms with van der Waals surface area (Å²) in [6.07, 6.45) is -0.0188. The Hall–Kier alpha value is -3.02. The average Bonchev–Trinajstić information content (AvgIpc) is 2.62. The second-order valence-corrected chi connectivity index (χ2v) is 5.98. The Labute approximate surface area is 152 Å². The first-order chi connectivity index (χ1) is 12.4. The van der Waals surface area contributed by atoms with Crippen LogP contribution < -0.4 is 14.8 Å². The molecular weight excluding hydrogens is 334 g/mol. The molecule has 1 amide bonds. The lowest BCUT2D eigenvalue weighted by Gasteiger charge is -2.19. The van der Waals surface area contributed by atoms with Crippen molar-refractivity contribution in [3.63, 3.8) is 0 Å². The third kappa shape index (κ3) is 4.33. The quantitative estimate of drug-likeness (QED) is 0.796. The maximum Gasteiger partial charge on any atom is 0.330 e. The van der Waals surface area contributed by atoms with Crippen molar-refractivity contribution >= 4 is 11.9 Å². The van der Waals surface area contributed by atoms with Crippen molar-refractivity contribution in [1.29, 1.82) is 0 Å². The summed E-state index contributed by atoms with van der Waals surface area (Å²) in [6.45, 7) is 3.75. The van der Waals surface area contributed by atoms with Crippen molar-refractivity contribution < 1.29 is 24.2 Å². The van der Waals surface area contributed by atoms with E-state index in [1.165, 1.54) is 14.2 Å². The lowest BCUT2D eigenvalue weighted by atomic mass is 9.97. The van der Waals surface area contributed by atoms with E-state index in [0.29, 0.717) is 22.6 Å². The van der Waals surface area contributed by atoms with E-state index >= 15 is 0 Å². The van der Waals surface area contributed by atoms with Gasteiger partial charge in [-0.3, -0.25) is 4.79 Å². The van der Waals surface area contributed by atoms with Gasteiger partial charge in [0.25, 0.3) is 0 Å². The molecule has 0 spiro atoms. The Morgan fingerprint density at radius 1 is 1.12 bits per heavy atom. The second-order valence-electron chi connectivity index (χ2n) is 5.98. The average molecular weight is 357 g/mol. The summed E-state index contributed by atoms with van der Waals surface area (Å²) >= 11 is 0. The fourth-order valence-electron chi connectivity index (χ4n) is 2.76. The molecule has 0 saturated carbocycles. The molecule has 0 saturated heterocycles. The molecule has 0 fully saturated rings. The topological polar surface area (TPSA) is 84.9 Å². The summed E-state index contributed by atoms with van der Waals surface area (Å²) in [5, 5.41) is 12.2. The minimum absolute atomic E-state index is 0.0188. The number of aliphatic carboxylic acids is 1. The standard InChI is InChI=1S/C20H23NO5/c1-12-6-5-7-16(13(12)2)19(20(23)24)21-18(22)11-14-10-15(25-3)8-9-17(14)26-4/h5-10,19H,11H2,1-4H3,(H,21,22)(H,23,24). The van der Waals surface area contributed by atoms with Gasteiger partial charge in [-0.05, 0) is 48.7 Å². The van der Waals surface area contributed by atoms with E-state index in [2.05, 4.69) is 5.32 Å². The molecule has 0 aliphatic carbocycles. The summed E-state index contributed by atoms with van der Waals surface area (Å²) in [6, 6.07) is 9.43. The zero-order valence-corrected chi connectivity index (χ0v) is 15.3. The molecule has 2 aromatic carbocycles. The summed E-state index contributed by atoms with van der Waals surface area (Å²) < 4.78 is 10.4. The number of aryl methyl sites for hydroxylation is 1. The first kappa shape index (κ1) is 19.3. The molecule has 1 unspecified atom stereocenters. The molecular formula is C20H23NO5. The Balaban J connectivity index is 2.24. The van der Waals surface area contributed by atoms with Crippen molar-refractivity contribution in [3.05, 3.63) is 58.7 Å². The van der Waals surface area contributed by atoms with E-state index in [1.54, 1.807) is 30.3 Å². The number of carbonyl (C=O) groups excluding carboxylic acids is 1. The number of benzene rings is 2. The minimum Gasteiger partial charge on any atom is -0.497 e. The van der Waals surface area contributed by atoms with Crippen molar-refractivity contribution in [2.75, 3.05) is 14.2 Å². The number of carbonyl (C=O) groups is 2. The van der Waals surface area contributed by atoms with Crippen molar-refractivity contribution in [2.24, 2.45) is 0 Å². The number of carboxylic acids is 1. The monoisotopic (exact) mass is 357 g/mol. The van der Waals surface area contributed by atoms with Gasteiger partial charge in [-0.15, -0.1) is 0 Å². The summed E-state index contributed by atoms with van der Waals surface area (Å²) in [4.78, 5) is 24.2. The summed E-state index contributed by atoms with van der Waals surface area (Å²) in [7, 11) is 3.05. The molecule has 2 N–H and O–H groups in total. The van der Waals surface area contributed by atoms with Crippen LogP contribution in [0.3, 0.4) is 0 Å². The number of methoxy groups -OCH3 is 2. The van der Waals surface area contributed by atoms with Gasteiger partial charge < -0.3 is 19.9 Å². The molecule has 26 heavy (non-hydrogen) atoms. The van der Waals surface area contributed by atoms with Crippen LogP contribution in [0.4, 0.5) is 0 Å². The minimum atomic E-state index is -1.11. The molecule has 2 rings (SSSR count). The highest BCUT2D eigenvalue weighted by Gasteiger charge is 2.24. The highest BCUT2D eigenvalue weighted by atomic mass is 16.5. The molecule has 2 aromatic rings. The van der Waals surface area contributed by atoms with Gasteiger partial charge >= 0.3 is 5.97 Å². The zero-order valence-electron chi connectivity index (χ0n) is 15.3. The number of amides is 1. The van der Waals surface area contributed by atoms with Gasteiger partial charge in [0.1, 0.15) is 11.5 Å². The smallest absolute Gasteiger partial charge is 0.330 e. The van der Waals surface area contributed by atoms with Crippen LogP contribution in [0.15, 0.2) is 36.4 Å². The molecule has 6 nitrogen and oxygen atoms in total. The Bertz CT molecular complexity index is 816. The van der Waals surface area contributed by atoms with E-state index < -0.39 is 17.9 Å². The van der Waals surface area contributed by atoms with Crippen LogP contribution in [0.25, 0.3) is 0 Å². The molecule has 0 heterocycles. The predicted molar refractivity (Wildman–Crippen MR) is 97.7 cm³/mol. The SMILES string of the molecule is COc1ccc(OC)c(CC(=O)NC(C(=O)O)c2cccc(C)c2C)c1. The number of ether oxygens (including phenoxy) is 2. The third-order valence-electron chi connectivity index (χ3n) is 4.35. The Morgan fingerprint density at radius 2 is 1.85 bits per heavy atom. The van der Waals surface area contributed by atoms with Crippen LogP contribution in [0.1, 0.15) is 28.3 Å². The van der Waals surface area contributed by atoms with Crippen LogP contribution in [-0.2, 0) is 16.0 Å². The number of hydrogen-bond donors (Lipinski definition) is 2. The molecule has 0 radical (unpaired) electrons. The van der Waals surface area contributed by atoms with Crippen molar-refractivity contribution in [3.8, 4) is 11.5 Å². The van der Waals surface area contributed by atoms with E-state index in [0.717, 1.165) is 11.1 Å². The van der Waals surface area contributed by atoms with Crippen molar-refractivity contribution in [2.45, 2.75) is 26.3 Å². The van der Waals surface area contributed by atoms with Crippen LogP contribution >= 0.6 is 0 Å². The van der Waals surface area contributed by atoms with E-state index in [1.807, 2.05) is 19.9 Å². The highest BCUT2D eigenvalue weighted by Crippen LogP contribution is 2.25. The van der Waals surface area contributed by atoms with E-state index in [-0.39, 0.29) is 6.42 Å². The molecule has 0 aromatic heterocycles. The molecule has 0 bridgehead atoms. The van der Waals surface area contributed by atoms with Crippen LogP contribution in [-0.4, -0.2) is 31.2 Å². The molecule has 0 aliphatic rings. The molecule has 6 heteroatoms. The van der Waals surface area contributed by atoms with Crippen LogP contribution in [0, 0.1) is 13.8 Å². The summed E-state index contributed by atoms with van der Waals surface area (Å²) in [5.41, 5.74) is 3.01. The lowest BCUT2D eigenvalue weighted by molar-refractivity contribution is -0.142. The first-order valence-corrected chi connectivity index (χ1v) is 8.16. The first-order valence-electron chi connectivity index (χ1n) is 8.16. The number of nitrogens with one attached hydrogen (secondary N) is 1. The van der Waals surface area contributed by atoms with Gasteiger partial charge in [0.15, 0.2) is 6.04 Å². The highest BCUT2D eigenvalue weighted by molar-refractivity contribution is 5.86. The van der Waals surface area contributed by atoms with Crippen LogP contribution in [0.5, 0.6) is 11.5 Å². The molecule has 1 atom stereocenters. The molecule has 0 aliphatic heterocycles. The maximum absolute atomic E-state index is 12.5. The maximum atomic E-state index is 12.5. The largest absolute Gasteiger partial charge is 0.497 e. The van der Waals surface area contributed by atoms with Gasteiger partial charge in [0, 0.05) is 5.56 Å². The fraction of sp³-hybridized carbons (Fsp3) is 0.300. The Kier molecular flexibility index (Phi) is 6.22. The van der Waals surface area contributed by atoms with Gasteiger partial charge in [0.05, 0.1) is 20.6 Å². The van der Waals surface area contributed by atoms with Crippen molar-refractivity contribution in [1.82, 2.24) is 5.32 Å². The van der Waals surface area contributed by atoms with Gasteiger partial charge in [-0.25, -0.2) is 4.79 Å². The predicted octanol–water partition coefficient (Wildman–Crippen LogP) is 2.81. The lowest BCUT2D eigenvalue weighted by Crippen LogP contribution is -2.35. The molecule has 138 valence electrons. The Morgan fingerprint density at radius 3 is 2.46 bits per heavy atom. The summed E-state index contributed by atoms with van der Waals surface area (Å²) in [5.74, 6) is -0.382. The normalized spacial score (nSPS) is 11.5. The second kappa shape index (κ2) is 8.38. The van der Waals surface area contributed by atoms with Gasteiger partial charge in [0.2, 0.25) is 5.91 Å². The number of carboxylic acid groups (broad SMARTS) is 1. The van der Waals surface area contributed by atoms with E-state index in [4.69, 9.17) is 9.47 Å². The van der Waals surface area contributed by atoms with Gasteiger partial charge in [-0.2, -0.15) is 0 Å². The van der Waals surface area contributed by atoms with E-state index in [9.17, 15) is 14.7 Å². The van der Waals surface area contributed by atoms with Crippen LogP contribution in [0.2, 0.25) is 0 Å². The number of hydrogen-bond acceptors (Lipinski definition) is 4. The number of rotatable bonds is 7. The fourth-order valence-corrected chi connectivity index (χ4v) is 2.76. The third-order valence-corrected chi connectivity index (χ3v) is 4.35.